The van der Waals surface area contributed by atoms with Crippen LogP contribution in [0.5, 0.6) is 0 Å². The van der Waals surface area contributed by atoms with Gasteiger partial charge in [0.2, 0.25) is 5.82 Å². The Balaban J connectivity index is 2.22. The van der Waals surface area contributed by atoms with Crippen LogP contribution in [0.25, 0.3) is 10.9 Å². The quantitative estimate of drug-likeness (QED) is 0.610. The highest BCUT2D eigenvalue weighted by atomic mass is 19.4. The monoisotopic (exact) mass is 344 g/mol. The number of nitrogens with one attached hydrogen (secondary N) is 1. The number of alkyl halides is 3. The lowest BCUT2D eigenvalue weighted by Gasteiger charge is -2.18. The van der Waals surface area contributed by atoms with Crippen LogP contribution in [0.3, 0.4) is 0 Å². The van der Waals surface area contributed by atoms with Gasteiger partial charge >= 0.3 is 6.18 Å². The Morgan fingerprint density at radius 1 is 1.12 bits per heavy atom. The number of anilines is 1. The van der Waals surface area contributed by atoms with Gasteiger partial charge in [0, 0.05) is 11.9 Å². The van der Waals surface area contributed by atoms with E-state index >= 15 is 0 Å². The molecule has 8 heteroatoms. The molecule has 24 heavy (non-hydrogen) atoms. The topological polar surface area (TPSA) is 41.0 Å². The lowest BCUT2D eigenvalue weighted by atomic mass is 10.2. The molecular weight excluding hydrogens is 324 g/mol. The van der Waals surface area contributed by atoms with Crippen molar-refractivity contribution in [3.63, 3.8) is 0 Å². The number of halogens is 4. The van der Waals surface area contributed by atoms with Crippen molar-refractivity contribution in [2.45, 2.75) is 26.4 Å². The molecule has 0 aliphatic heterocycles. The summed E-state index contributed by atoms with van der Waals surface area (Å²) < 4.78 is 52.2. The molecule has 4 nitrogen and oxygen atoms in total. The van der Waals surface area contributed by atoms with Gasteiger partial charge in [-0.2, -0.15) is 13.2 Å². The van der Waals surface area contributed by atoms with Crippen LogP contribution in [-0.4, -0.2) is 41.0 Å². The molecule has 0 atom stereocenters. The van der Waals surface area contributed by atoms with E-state index in [0.29, 0.717) is 6.54 Å². The van der Waals surface area contributed by atoms with Crippen molar-refractivity contribution >= 4 is 16.7 Å². The third kappa shape index (κ3) is 4.53. The molecule has 0 aliphatic rings. The van der Waals surface area contributed by atoms with Crippen LogP contribution in [0.2, 0.25) is 0 Å². The fourth-order valence-corrected chi connectivity index (χ4v) is 2.41. The number of fused-ring (bicyclic) bond motifs is 1. The molecule has 132 valence electrons. The maximum Gasteiger partial charge on any atom is 0.451 e. The summed E-state index contributed by atoms with van der Waals surface area (Å²) in [4.78, 5) is 9.23. The van der Waals surface area contributed by atoms with Crippen molar-refractivity contribution in [2.24, 2.45) is 0 Å². The molecular formula is C16H20F4N4. The summed E-state index contributed by atoms with van der Waals surface area (Å²) in [7, 11) is 0. The molecule has 0 spiro atoms. The van der Waals surface area contributed by atoms with Crippen LogP contribution in [0.4, 0.5) is 23.4 Å². The lowest BCUT2D eigenvalue weighted by Crippen LogP contribution is -2.25. The molecule has 0 saturated heterocycles. The summed E-state index contributed by atoms with van der Waals surface area (Å²) in [6.45, 7) is 7.19. The number of aromatic nitrogens is 2. The highest BCUT2D eigenvalue weighted by molar-refractivity contribution is 5.89. The fourth-order valence-electron chi connectivity index (χ4n) is 2.41. The Kier molecular flexibility index (Phi) is 5.93. The first-order chi connectivity index (χ1) is 11.3. The Morgan fingerprint density at radius 2 is 1.83 bits per heavy atom. The Bertz CT molecular complexity index is 684. The van der Waals surface area contributed by atoms with Crippen LogP contribution in [0, 0.1) is 5.82 Å². The molecule has 0 radical (unpaired) electrons. The van der Waals surface area contributed by atoms with E-state index in [4.69, 9.17) is 0 Å². The second-order valence-corrected chi connectivity index (χ2v) is 5.36. The van der Waals surface area contributed by atoms with E-state index in [1.807, 2.05) is 13.8 Å². The summed E-state index contributed by atoms with van der Waals surface area (Å²) in [5, 5.41) is 3.13. The van der Waals surface area contributed by atoms with E-state index in [0.717, 1.165) is 38.2 Å². The van der Waals surface area contributed by atoms with E-state index in [-0.39, 0.29) is 16.7 Å². The molecule has 1 N–H and O–H groups in total. The van der Waals surface area contributed by atoms with Gasteiger partial charge < -0.3 is 10.2 Å². The predicted octanol–water partition coefficient (Wildman–Crippen LogP) is 3.93. The van der Waals surface area contributed by atoms with E-state index < -0.39 is 17.8 Å². The lowest BCUT2D eigenvalue weighted by molar-refractivity contribution is -0.144. The number of hydrogen-bond donors (Lipinski definition) is 1. The van der Waals surface area contributed by atoms with Crippen molar-refractivity contribution in [3.8, 4) is 0 Å². The fraction of sp³-hybridized carbons (Fsp3) is 0.500. The van der Waals surface area contributed by atoms with Gasteiger partial charge in [0.1, 0.15) is 11.6 Å². The molecule has 0 saturated carbocycles. The molecule has 0 fully saturated rings. The summed E-state index contributed by atoms with van der Waals surface area (Å²) in [6.07, 6.45) is -3.91. The zero-order valence-corrected chi connectivity index (χ0v) is 13.6. The minimum Gasteiger partial charge on any atom is -0.369 e. The van der Waals surface area contributed by atoms with Gasteiger partial charge in [0.25, 0.3) is 0 Å². The zero-order chi connectivity index (χ0) is 17.7. The van der Waals surface area contributed by atoms with Gasteiger partial charge in [-0.1, -0.05) is 13.8 Å². The van der Waals surface area contributed by atoms with Crippen LogP contribution in [0.15, 0.2) is 18.2 Å². The maximum atomic E-state index is 13.4. The molecule has 0 bridgehead atoms. The van der Waals surface area contributed by atoms with Crippen molar-refractivity contribution in [2.75, 3.05) is 31.5 Å². The maximum absolute atomic E-state index is 13.4. The summed E-state index contributed by atoms with van der Waals surface area (Å²) in [5.41, 5.74) is 0.0602. The first kappa shape index (κ1) is 18.4. The van der Waals surface area contributed by atoms with E-state index in [9.17, 15) is 17.6 Å². The molecule has 1 aromatic carbocycles. The molecule has 0 unspecified atom stereocenters. The molecule has 1 aromatic heterocycles. The van der Waals surface area contributed by atoms with Gasteiger partial charge in [-0.15, -0.1) is 0 Å². The number of rotatable bonds is 7. The minimum atomic E-state index is -4.65. The van der Waals surface area contributed by atoms with E-state index in [1.165, 1.54) is 6.07 Å². The zero-order valence-electron chi connectivity index (χ0n) is 13.6. The average molecular weight is 344 g/mol. The second kappa shape index (κ2) is 7.74. The molecule has 2 rings (SSSR count). The van der Waals surface area contributed by atoms with Gasteiger partial charge in [-0.3, -0.25) is 0 Å². The Hall–Kier alpha value is -1.96. The van der Waals surface area contributed by atoms with Crippen LogP contribution in [-0.2, 0) is 6.18 Å². The van der Waals surface area contributed by atoms with Gasteiger partial charge in [0.15, 0.2) is 0 Å². The summed E-state index contributed by atoms with van der Waals surface area (Å²) in [5.74, 6) is -1.77. The van der Waals surface area contributed by atoms with E-state index in [2.05, 4.69) is 20.2 Å². The second-order valence-electron chi connectivity index (χ2n) is 5.36. The number of nitrogens with zero attached hydrogens (tertiary/aromatic N) is 3. The Labute approximate surface area is 137 Å². The third-order valence-corrected chi connectivity index (χ3v) is 3.75. The first-order valence-corrected chi connectivity index (χ1v) is 7.85. The van der Waals surface area contributed by atoms with Crippen molar-refractivity contribution in [1.29, 1.82) is 0 Å². The van der Waals surface area contributed by atoms with Crippen LogP contribution >= 0.6 is 0 Å². The minimum absolute atomic E-state index is 0.00590. The largest absolute Gasteiger partial charge is 0.451 e. The van der Waals surface area contributed by atoms with E-state index in [1.54, 1.807) is 0 Å². The van der Waals surface area contributed by atoms with Gasteiger partial charge in [0.05, 0.1) is 5.52 Å². The standard InChI is InChI=1S/C16H20F4N4/c1-3-24(4-2)9-5-8-21-14-12-10-11(17)6-7-13(12)22-15(23-14)16(18,19)20/h6-7,10H,3-5,8-9H2,1-2H3,(H,21,22,23). The van der Waals surface area contributed by atoms with Crippen LogP contribution < -0.4 is 5.32 Å². The van der Waals surface area contributed by atoms with Gasteiger partial charge in [-0.05, 0) is 44.3 Å². The Morgan fingerprint density at radius 3 is 2.46 bits per heavy atom. The van der Waals surface area contributed by atoms with Crippen molar-refractivity contribution < 1.29 is 17.6 Å². The van der Waals surface area contributed by atoms with Crippen LogP contribution in [0.1, 0.15) is 26.1 Å². The number of benzene rings is 1. The smallest absolute Gasteiger partial charge is 0.369 e. The van der Waals surface area contributed by atoms with Crippen molar-refractivity contribution in [1.82, 2.24) is 14.9 Å². The molecule has 0 amide bonds. The van der Waals surface area contributed by atoms with Crippen molar-refractivity contribution in [3.05, 3.63) is 29.8 Å². The summed E-state index contributed by atoms with van der Waals surface area (Å²) >= 11 is 0. The van der Waals surface area contributed by atoms with Gasteiger partial charge in [-0.25, -0.2) is 14.4 Å². The first-order valence-electron chi connectivity index (χ1n) is 7.85. The highest BCUT2D eigenvalue weighted by Gasteiger charge is 2.35. The molecule has 2 aromatic rings. The third-order valence-electron chi connectivity index (χ3n) is 3.75. The number of hydrogen-bond acceptors (Lipinski definition) is 4. The highest BCUT2D eigenvalue weighted by Crippen LogP contribution is 2.30. The normalized spacial score (nSPS) is 12.1. The molecule has 1 heterocycles. The SMILES string of the molecule is CCN(CC)CCCNc1nc(C(F)(F)F)nc2ccc(F)cc12. The molecule has 0 aliphatic carbocycles. The predicted molar refractivity (Wildman–Crippen MR) is 85.4 cm³/mol. The summed E-state index contributed by atoms with van der Waals surface area (Å²) in [6, 6.07) is 3.45. The average Bonchev–Trinajstić information content (AvgIpc) is 2.54.